The Morgan fingerprint density at radius 3 is 2.96 bits per heavy atom. The van der Waals surface area contributed by atoms with Crippen LogP contribution in [0.25, 0.3) is 11.3 Å². The van der Waals surface area contributed by atoms with Gasteiger partial charge in [-0.05, 0) is 36.4 Å². The summed E-state index contributed by atoms with van der Waals surface area (Å²) in [6.45, 7) is -0.249. The zero-order valence-corrected chi connectivity index (χ0v) is 14.9. The molecule has 8 heteroatoms. The predicted molar refractivity (Wildman–Crippen MR) is 102 cm³/mol. The molecule has 0 saturated heterocycles. The predicted octanol–water partition coefficient (Wildman–Crippen LogP) is 3.09. The highest BCUT2D eigenvalue weighted by Gasteiger charge is 2.27. The standard InChI is InChI=1S/C19H15ClN4O3/c20-13-4-5-17-16(9-13)24(19(26)11-27-17)10-18(25)22-14-3-1-2-12(8-14)15-6-7-21-23-15/h1-9H,10-11H2,(H,21,23)(H,22,25). The van der Waals surface area contributed by atoms with Gasteiger partial charge in [0.05, 0.1) is 11.4 Å². The Morgan fingerprint density at radius 1 is 1.26 bits per heavy atom. The monoisotopic (exact) mass is 382 g/mol. The number of anilines is 2. The highest BCUT2D eigenvalue weighted by molar-refractivity contribution is 6.31. The maximum atomic E-state index is 12.5. The molecule has 2 aromatic carbocycles. The number of halogens is 1. The summed E-state index contributed by atoms with van der Waals surface area (Å²) in [6.07, 6.45) is 1.66. The number of aromatic nitrogens is 2. The van der Waals surface area contributed by atoms with Crippen molar-refractivity contribution in [1.82, 2.24) is 10.2 Å². The van der Waals surface area contributed by atoms with Crippen molar-refractivity contribution in [1.29, 1.82) is 0 Å². The molecule has 2 N–H and O–H groups in total. The summed E-state index contributed by atoms with van der Waals surface area (Å²) in [6, 6.07) is 14.2. The Morgan fingerprint density at radius 2 is 2.15 bits per heavy atom. The largest absolute Gasteiger partial charge is 0.482 e. The minimum Gasteiger partial charge on any atom is -0.482 e. The van der Waals surface area contributed by atoms with Crippen LogP contribution >= 0.6 is 11.6 Å². The van der Waals surface area contributed by atoms with Crippen LogP contribution in [0.3, 0.4) is 0 Å². The molecular formula is C19H15ClN4O3. The van der Waals surface area contributed by atoms with Gasteiger partial charge < -0.3 is 10.1 Å². The third kappa shape index (κ3) is 3.63. The molecule has 3 aromatic rings. The Labute approximate surface area is 159 Å². The van der Waals surface area contributed by atoms with Crippen molar-refractivity contribution in [2.24, 2.45) is 0 Å². The zero-order valence-electron chi connectivity index (χ0n) is 14.1. The maximum absolute atomic E-state index is 12.5. The van der Waals surface area contributed by atoms with Crippen molar-refractivity contribution < 1.29 is 14.3 Å². The number of benzene rings is 2. The van der Waals surface area contributed by atoms with E-state index in [2.05, 4.69) is 15.5 Å². The molecule has 136 valence electrons. The summed E-state index contributed by atoms with van der Waals surface area (Å²) in [7, 11) is 0. The lowest BCUT2D eigenvalue weighted by Gasteiger charge is -2.29. The molecule has 0 saturated carbocycles. The molecule has 0 atom stereocenters. The number of hydrogen-bond acceptors (Lipinski definition) is 4. The lowest BCUT2D eigenvalue weighted by molar-refractivity contribution is -0.123. The van der Waals surface area contributed by atoms with Gasteiger partial charge in [0.15, 0.2) is 6.61 Å². The molecule has 27 heavy (non-hydrogen) atoms. The first-order valence-electron chi connectivity index (χ1n) is 8.22. The highest BCUT2D eigenvalue weighted by atomic mass is 35.5. The van der Waals surface area contributed by atoms with Crippen molar-refractivity contribution in [3.8, 4) is 17.0 Å². The van der Waals surface area contributed by atoms with E-state index in [1.165, 1.54) is 4.90 Å². The summed E-state index contributed by atoms with van der Waals surface area (Å²) in [5.74, 6) is -0.0999. The first kappa shape index (κ1) is 17.1. The van der Waals surface area contributed by atoms with Gasteiger partial charge in [-0.1, -0.05) is 23.7 Å². The minimum atomic E-state index is -0.321. The van der Waals surface area contributed by atoms with Crippen LogP contribution in [0.1, 0.15) is 0 Å². The van der Waals surface area contributed by atoms with Gasteiger partial charge in [-0.15, -0.1) is 0 Å². The van der Waals surface area contributed by atoms with Gasteiger partial charge in [0.2, 0.25) is 5.91 Å². The fourth-order valence-corrected chi connectivity index (χ4v) is 3.04. The van der Waals surface area contributed by atoms with Crippen LogP contribution in [0.4, 0.5) is 11.4 Å². The molecule has 7 nitrogen and oxygen atoms in total. The molecule has 0 unspecified atom stereocenters. The van der Waals surface area contributed by atoms with E-state index < -0.39 is 0 Å². The molecule has 0 spiro atoms. The topological polar surface area (TPSA) is 87.3 Å². The van der Waals surface area contributed by atoms with Crippen LogP contribution in [0.5, 0.6) is 5.75 Å². The van der Waals surface area contributed by atoms with E-state index in [-0.39, 0.29) is 25.0 Å². The van der Waals surface area contributed by atoms with E-state index in [1.54, 1.807) is 30.5 Å². The number of aromatic amines is 1. The Bertz CT molecular complexity index is 1000. The van der Waals surface area contributed by atoms with Gasteiger partial charge in [-0.25, -0.2) is 0 Å². The first-order valence-corrected chi connectivity index (χ1v) is 8.60. The van der Waals surface area contributed by atoms with Gasteiger partial charge in [-0.2, -0.15) is 5.10 Å². The number of nitrogens with one attached hydrogen (secondary N) is 2. The molecule has 1 aliphatic heterocycles. The lowest BCUT2D eigenvalue weighted by Crippen LogP contribution is -2.43. The van der Waals surface area contributed by atoms with Crippen molar-refractivity contribution in [2.45, 2.75) is 0 Å². The molecular weight excluding hydrogens is 368 g/mol. The van der Waals surface area contributed by atoms with Crippen LogP contribution < -0.4 is 15.0 Å². The molecule has 0 fully saturated rings. The van der Waals surface area contributed by atoms with Crippen LogP contribution in [0.2, 0.25) is 5.02 Å². The quantitative estimate of drug-likeness (QED) is 0.725. The minimum absolute atomic E-state index is 0.114. The van der Waals surface area contributed by atoms with Crippen molar-refractivity contribution >= 4 is 34.8 Å². The van der Waals surface area contributed by atoms with E-state index in [9.17, 15) is 9.59 Å². The van der Waals surface area contributed by atoms with Gasteiger partial charge in [-0.3, -0.25) is 19.6 Å². The number of hydrogen-bond donors (Lipinski definition) is 2. The second-order valence-electron chi connectivity index (χ2n) is 5.98. The average molecular weight is 383 g/mol. The van der Waals surface area contributed by atoms with Crippen molar-refractivity contribution in [2.75, 3.05) is 23.4 Å². The van der Waals surface area contributed by atoms with Crippen LogP contribution in [0.15, 0.2) is 54.7 Å². The normalized spacial score (nSPS) is 13.1. The summed E-state index contributed by atoms with van der Waals surface area (Å²) < 4.78 is 5.39. The number of fused-ring (bicyclic) bond motifs is 1. The van der Waals surface area contributed by atoms with Gasteiger partial charge in [0.25, 0.3) is 5.91 Å². The Kier molecular flexibility index (Phi) is 4.52. The van der Waals surface area contributed by atoms with Crippen molar-refractivity contribution in [3.63, 3.8) is 0 Å². The Hall–Kier alpha value is -3.32. The smallest absolute Gasteiger partial charge is 0.265 e. The molecule has 4 rings (SSSR count). The third-order valence-corrected chi connectivity index (χ3v) is 4.36. The average Bonchev–Trinajstić information content (AvgIpc) is 3.19. The van der Waals surface area contributed by atoms with Crippen LogP contribution in [-0.2, 0) is 9.59 Å². The van der Waals surface area contributed by atoms with E-state index in [1.807, 2.05) is 24.3 Å². The maximum Gasteiger partial charge on any atom is 0.265 e. The summed E-state index contributed by atoms with van der Waals surface area (Å²) in [5, 5.41) is 10.1. The molecule has 0 bridgehead atoms. The number of amides is 2. The zero-order chi connectivity index (χ0) is 18.8. The second kappa shape index (κ2) is 7.13. The molecule has 1 aliphatic rings. The number of rotatable bonds is 4. The summed E-state index contributed by atoms with van der Waals surface area (Å²) in [5.41, 5.74) is 2.85. The van der Waals surface area contributed by atoms with E-state index in [4.69, 9.17) is 16.3 Å². The molecule has 2 amide bonds. The number of H-pyrrole nitrogens is 1. The SMILES string of the molecule is O=C(CN1C(=O)COc2ccc(Cl)cc21)Nc1cccc(-c2ccn[nH]2)c1. The number of ether oxygens (including phenoxy) is 1. The van der Waals surface area contributed by atoms with E-state index >= 15 is 0 Å². The molecule has 0 aliphatic carbocycles. The van der Waals surface area contributed by atoms with Crippen LogP contribution in [0, 0.1) is 0 Å². The third-order valence-electron chi connectivity index (χ3n) is 4.12. The Balaban J connectivity index is 1.51. The second-order valence-corrected chi connectivity index (χ2v) is 6.42. The lowest BCUT2D eigenvalue weighted by atomic mass is 10.1. The summed E-state index contributed by atoms with van der Waals surface area (Å²) in [4.78, 5) is 26.1. The number of carbonyl (C=O) groups is 2. The fourth-order valence-electron chi connectivity index (χ4n) is 2.87. The van der Waals surface area contributed by atoms with Gasteiger partial charge in [0.1, 0.15) is 12.3 Å². The number of carbonyl (C=O) groups excluding carboxylic acids is 2. The van der Waals surface area contributed by atoms with Gasteiger partial charge in [0, 0.05) is 22.5 Å². The fraction of sp³-hybridized carbons (Fsp3) is 0.105. The number of nitrogens with zero attached hydrogens (tertiary/aromatic N) is 2. The first-order chi connectivity index (χ1) is 13.1. The molecule has 2 heterocycles. The molecule has 0 radical (unpaired) electrons. The molecule has 1 aromatic heterocycles. The van der Waals surface area contributed by atoms with E-state index in [0.29, 0.717) is 22.1 Å². The highest BCUT2D eigenvalue weighted by Crippen LogP contribution is 2.34. The van der Waals surface area contributed by atoms with Crippen molar-refractivity contribution in [3.05, 3.63) is 59.8 Å². The van der Waals surface area contributed by atoms with E-state index in [0.717, 1.165) is 11.3 Å². The van der Waals surface area contributed by atoms with Gasteiger partial charge >= 0.3 is 0 Å². The van der Waals surface area contributed by atoms with Crippen LogP contribution in [-0.4, -0.2) is 35.2 Å². The summed E-state index contributed by atoms with van der Waals surface area (Å²) >= 11 is 6.02.